The summed E-state index contributed by atoms with van der Waals surface area (Å²) in [7, 11) is 0. The summed E-state index contributed by atoms with van der Waals surface area (Å²) in [6.07, 6.45) is 1.67. The molecule has 1 fully saturated rings. The highest BCUT2D eigenvalue weighted by Crippen LogP contribution is 2.26. The van der Waals surface area contributed by atoms with E-state index < -0.39 is 0 Å². The quantitative estimate of drug-likeness (QED) is 0.934. The Hall–Kier alpha value is -1.39. The number of carbonyl (C=O) groups is 1. The van der Waals surface area contributed by atoms with Crippen LogP contribution in [0.5, 0.6) is 0 Å². The lowest BCUT2D eigenvalue weighted by Crippen LogP contribution is -2.49. The second kappa shape index (κ2) is 6.80. The van der Waals surface area contributed by atoms with Crippen LogP contribution in [0, 0.1) is 5.92 Å². The van der Waals surface area contributed by atoms with Gasteiger partial charge in [0.25, 0.3) is 0 Å². The van der Waals surface area contributed by atoms with Gasteiger partial charge in [-0.3, -0.25) is 4.79 Å². The Bertz CT molecular complexity index is 651. The van der Waals surface area contributed by atoms with E-state index in [9.17, 15) is 4.79 Å². The van der Waals surface area contributed by atoms with Crippen LogP contribution in [-0.4, -0.2) is 29.9 Å². The number of rotatable bonds is 4. The molecule has 1 saturated heterocycles. The van der Waals surface area contributed by atoms with Gasteiger partial charge < -0.3 is 10.2 Å². The molecule has 1 amide bonds. The van der Waals surface area contributed by atoms with Gasteiger partial charge in [0, 0.05) is 36.8 Å². The highest BCUT2D eigenvalue weighted by molar-refractivity contribution is 7.17. The van der Waals surface area contributed by atoms with Crippen molar-refractivity contribution in [1.82, 2.24) is 10.2 Å². The molecule has 118 valence electrons. The predicted molar refractivity (Wildman–Crippen MR) is 93.1 cm³/mol. The second-order valence-electron chi connectivity index (χ2n) is 6.20. The number of nitrogens with one attached hydrogen (secondary N) is 1. The molecule has 0 unspecified atom stereocenters. The van der Waals surface area contributed by atoms with Crippen molar-refractivity contribution in [2.45, 2.75) is 39.3 Å². The lowest BCUT2D eigenvalue weighted by molar-refractivity contribution is -0.132. The van der Waals surface area contributed by atoms with Crippen molar-refractivity contribution in [3.63, 3.8) is 0 Å². The molecular formula is C18H24N2OS. The minimum absolute atomic E-state index is 0.286. The fourth-order valence-electron chi connectivity index (χ4n) is 3.31. The first kappa shape index (κ1) is 15.5. The van der Waals surface area contributed by atoms with Crippen molar-refractivity contribution in [1.29, 1.82) is 0 Å². The van der Waals surface area contributed by atoms with Gasteiger partial charge in [-0.15, -0.1) is 11.3 Å². The Labute approximate surface area is 136 Å². The van der Waals surface area contributed by atoms with E-state index in [1.807, 2.05) is 23.2 Å². The molecule has 1 aromatic carbocycles. The van der Waals surface area contributed by atoms with E-state index in [1.54, 1.807) is 0 Å². The van der Waals surface area contributed by atoms with Crippen molar-refractivity contribution < 1.29 is 4.79 Å². The Balaban J connectivity index is 1.59. The summed E-state index contributed by atoms with van der Waals surface area (Å²) < 4.78 is 1.36. The van der Waals surface area contributed by atoms with Gasteiger partial charge in [0.15, 0.2) is 0 Å². The lowest BCUT2D eigenvalue weighted by atomic mass is 9.93. The Morgan fingerprint density at radius 2 is 2.23 bits per heavy atom. The molecule has 3 rings (SSSR count). The van der Waals surface area contributed by atoms with Crippen molar-refractivity contribution in [2.75, 3.05) is 13.1 Å². The molecule has 22 heavy (non-hydrogen) atoms. The van der Waals surface area contributed by atoms with Gasteiger partial charge in [-0.2, -0.15) is 0 Å². The van der Waals surface area contributed by atoms with Gasteiger partial charge in [-0.25, -0.2) is 0 Å². The summed E-state index contributed by atoms with van der Waals surface area (Å²) in [6, 6.07) is 9.09. The number of hydrogen-bond donors (Lipinski definition) is 1. The summed E-state index contributed by atoms with van der Waals surface area (Å²) in [6.45, 7) is 6.88. The molecule has 0 aliphatic carbocycles. The van der Waals surface area contributed by atoms with Crippen LogP contribution in [-0.2, 0) is 11.3 Å². The third-order valence-corrected chi connectivity index (χ3v) is 5.69. The molecule has 3 nitrogen and oxygen atoms in total. The zero-order chi connectivity index (χ0) is 15.5. The standard InChI is InChI=1S/C18H24N2OS/c1-3-18(21)20-9-8-16(13(2)11-20)19-10-14-12-22-17-7-5-4-6-15(14)17/h4-7,12-13,16,19H,3,8-11H2,1-2H3/t13-,16+/m0/s1. The van der Waals surface area contributed by atoms with Gasteiger partial charge in [0.05, 0.1) is 0 Å². The minimum Gasteiger partial charge on any atom is -0.342 e. The number of fused-ring (bicyclic) bond motifs is 1. The fraction of sp³-hybridized carbons (Fsp3) is 0.500. The molecule has 2 aromatic rings. The summed E-state index contributed by atoms with van der Waals surface area (Å²) in [5.74, 6) is 0.795. The maximum atomic E-state index is 11.8. The van der Waals surface area contributed by atoms with E-state index in [1.165, 1.54) is 15.6 Å². The van der Waals surface area contributed by atoms with Gasteiger partial charge in [0.2, 0.25) is 5.91 Å². The average molecular weight is 316 g/mol. The summed E-state index contributed by atoms with van der Waals surface area (Å²) in [5.41, 5.74) is 1.39. The Morgan fingerprint density at radius 3 is 3.00 bits per heavy atom. The van der Waals surface area contributed by atoms with Crippen LogP contribution in [0.3, 0.4) is 0 Å². The smallest absolute Gasteiger partial charge is 0.222 e. The highest BCUT2D eigenvalue weighted by Gasteiger charge is 2.27. The molecule has 0 saturated carbocycles. The zero-order valence-electron chi connectivity index (χ0n) is 13.3. The fourth-order valence-corrected chi connectivity index (χ4v) is 4.27. The van der Waals surface area contributed by atoms with Crippen LogP contribution in [0.25, 0.3) is 10.1 Å². The number of nitrogens with zero attached hydrogens (tertiary/aromatic N) is 1. The van der Waals surface area contributed by atoms with E-state index in [0.29, 0.717) is 18.4 Å². The number of hydrogen-bond acceptors (Lipinski definition) is 3. The van der Waals surface area contributed by atoms with Crippen LogP contribution in [0.4, 0.5) is 0 Å². The molecule has 2 atom stereocenters. The average Bonchev–Trinajstić information content (AvgIpc) is 2.96. The normalized spacial score (nSPS) is 22.2. The monoisotopic (exact) mass is 316 g/mol. The van der Waals surface area contributed by atoms with Gasteiger partial charge in [-0.1, -0.05) is 32.0 Å². The third kappa shape index (κ3) is 3.18. The first-order valence-corrected chi connectivity index (χ1v) is 9.03. The Kier molecular flexibility index (Phi) is 4.79. The molecule has 0 spiro atoms. The summed E-state index contributed by atoms with van der Waals surface area (Å²) in [5, 5.41) is 7.34. The molecule has 1 aliphatic heterocycles. The van der Waals surface area contributed by atoms with Crippen molar-refractivity contribution in [2.24, 2.45) is 5.92 Å². The number of amides is 1. The van der Waals surface area contributed by atoms with Crippen molar-refractivity contribution >= 4 is 27.3 Å². The Morgan fingerprint density at radius 1 is 1.41 bits per heavy atom. The largest absolute Gasteiger partial charge is 0.342 e. The molecule has 1 aromatic heterocycles. The molecule has 4 heteroatoms. The number of thiophene rings is 1. The van der Waals surface area contributed by atoms with Crippen molar-refractivity contribution in [3.05, 3.63) is 35.2 Å². The van der Waals surface area contributed by atoms with Crippen LogP contribution >= 0.6 is 11.3 Å². The van der Waals surface area contributed by atoms with Gasteiger partial charge >= 0.3 is 0 Å². The van der Waals surface area contributed by atoms with E-state index in [2.05, 4.69) is 41.9 Å². The second-order valence-corrected chi connectivity index (χ2v) is 7.11. The van der Waals surface area contributed by atoms with E-state index in [4.69, 9.17) is 0 Å². The van der Waals surface area contributed by atoms with E-state index in [0.717, 1.165) is 26.1 Å². The number of piperidine rings is 1. The number of likely N-dealkylation sites (tertiary alicyclic amines) is 1. The SMILES string of the molecule is CCC(=O)N1CC[C@@H](NCc2csc3ccccc23)[C@@H](C)C1. The van der Waals surface area contributed by atoms with Crippen LogP contribution in [0.1, 0.15) is 32.3 Å². The molecule has 1 aliphatic rings. The van der Waals surface area contributed by atoms with Crippen molar-refractivity contribution in [3.8, 4) is 0 Å². The van der Waals surface area contributed by atoms with Gasteiger partial charge in [0.1, 0.15) is 0 Å². The van der Waals surface area contributed by atoms with Gasteiger partial charge in [-0.05, 0) is 34.7 Å². The number of carbonyl (C=O) groups excluding carboxylic acids is 1. The zero-order valence-corrected chi connectivity index (χ0v) is 14.2. The minimum atomic E-state index is 0.286. The van der Waals surface area contributed by atoms with Crippen LogP contribution in [0.15, 0.2) is 29.6 Å². The lowest BCUT2D eigenvalue weighted by Gasteiger charge is -2.37. The predicted octanol–water partition coefficient (Wildman–Crippen LogP) is 3.64. The summed E-state index contributed by atoms with van der Waals surface area (Å²) >= 11 is 1.82. The highest BCUT2D eigenvalue weighted by atomic mass is 32.1. The third-order valence-electron chi connectivity index (χ3n) is 4.68. The van der Waals surface area contributed by atoms with Crippen LogP contribution < -0.4 is 5.32 Å². The molecule has 0 bridgehead atoms. The summed E-state index contributed by atoms with van der Waals surface area (Å²) in [4.78, 5) is 13.8. The van der Waals surface area contributed by atoms with E-state index >= 15 is 0 Å². The van der Waals surface area contributed by atoms with Crippen LogP contribution in [0.2, 0.25) is 0 Å². The molecule has 0 radical (unpaired) electrons. The first-order chi connectivity index (χ1) is 10.7. The molecular weight excluding hydrogens is 292 g/mol. The first-order valence-electron chi connectivity index (χ1n) is 8.15. The van der Waals surface area contributed by atoms with E-state index in [-0.39, 0.29) is 5.91 Å². The maximum Gasteiger partial charge on any atom is 0.222 e. The number of benzene rings is 1. The molecule has 1 N–H and O–H groups in total. The maximum absolute atomic E-state index is 11.8. The topological polar surface area (TPSA) is 32.3 Å². The molecule has 2 heterocycles.